The monoisotopic (exact) mass is 340 g/mol. The van der Waals surface area contributed by atoms with Crippen molar-refractivity contribution in [2.75, 3.05) is 5.75 Å². The Morgan fingerprint density at radius 3 is 2.64 bits per heavy atom. The molecule has 0 spiro atoms. The van der Waals surface area contributed by atoms with Gasteiger partial charge in [0.05, 0.1) is 11.8 Å². The summed E-state index contributed by atoms with van der Waals surface area (Å²) in [5.41, 5.74) is 1.14. The van der Waals surface area contributed by atoms with Crippen molar-refractivity contribution >= 4 is 21.6 Å². The van der Waals surface area contributed by atoms with Crippen molar-refractivity contribution in [3.05, 3.63) is 34.9 Å². The smallest absolute Gasteiger partial charge is 0.211 e. The van der Waals surface area contributed by atoms with E-state index in [1.54, 1.807) is 0 Å². The van der Waals surface area contributed by atoms with E-state index in [-0.39, 0.29) is 17.7 Å². The molecule has 0 aliphatic heterocycles. The molecule has 0 unspecified atom stereocenters. The minimum Gasteiger partial charge on any atom is -0.212 e. The molecule has 0 amide bonds. The van der Waals surface area contributed by atoms with E-state index >= 15 is 0 Å². The first-order chi connectivity index (χ1) is 10.5. The molecule has 120 valence electrons. The number of benzene rings is 1. The fraction of sp³-hybridized carbons (Fsp3) is 0.562. The van der Waals surface area contributed by atoms with Crippen molar-refractivity contribution in [3.8, 4) is 6.07 Å². The highest BCUT2D eigenvalue weighted by atomic mass is 35.5. The van der Waals surface area contributed by atoms with E-state index in [2.05, 4.69) is 4.72 Å². The summed E-state index contributed by atoms with van der Waals surface area (Å²) in [4.78, 5) is 0. The minimum atomic E-state index is -3.28. The van der Waals surface area contributed by atoms with E-state index < -0.39 is 10.0 Å². The standard InChI is InChI=1S/C16H21ClN2O2S/c17-14-9-7-13(8-10-14)15-5-4-6-16(15)19-22(20,21)12-3-1-2-11-18/h7-10,15-16,19H,1-6,12H2/t15-,16-/m0/s1. The summed E-state index contributed by atoms with van der Waals surface area (Å²) in [5, 5.41) is 9.17. The molecule has 1 aromatic rings. The molecule has 1 N–H and O–H groups in total. The topological polar surface area (TPSA) is 70.0 Å². The number of rotatable bonds is 7. The molecule has 0 heterocycles. The predicted molar refractivity (Wildman–Crippen MR) is 88.2 cm³/mol. The quantitative estimate of drug-likeness (QED) is 0.771. The minimum absolute atomic E-state index is 0.0397. The Labute approximate surface area is 137 Å². The number of hydrogen-bond acceptors (Lipinski definition) is 3. The zero-order chi connectivity index (χ0) is 16.0. The van der Waals surface area contributed by atoms with Gasteiger partial charge >= 0.3 is 0 Å². The highest BCUT2D eigenvalue weighted by Gasteiger charge is 2.31. The van der Waals surface area contributed by atoms with Crippen molar-refractivity contribution in [2.45, 2.75) is 50.5 Å². The highest BCUT2D eigenvalue weighted by molar-refractivity contribution is 7.89. The lowest BCUT2D eigenvalue weighted by Gasteiger charge is -2.21. The highest BCUT2D eigenvalue weighted by Crippen LogP contribution is 2.35. The third kappa shape index (κ3) is 4.98. The van der Waals surface area contributed by atoms with Gasteiger partial charge in [-0.3, -0.25) is 0 Å². The summed E-state index contributed by atoms with van der Waals surface area (Å²) in [6, 6.07) is 9.65. The van der Waals surface area contributed by atoms with E-state index in [0.29, 0.717) is 24.3 Å². The van der Waals surface area contributed by atoms with Crippen LogP contribution in [0.15, 0.2) is 24.3 Å². The van der Waals surface area contributed by atoms with Crippen molar-refractivity contribution < 1.29 is 8.42 Å². The van der Waals surface area contributed by atoms with Crippen LogP contribution in [0.1, 0.15) is 50.0 Å². The van der Waals surface area contributed by atoms with Crippen LogP contribution in [0.4, 0.5) is 0 Å². The van der Waals surface area contributed by atoms with Gasteiger partial charge in [0.1, 0.15) is 0 Å². The Bertz CT molecular complexity index is 623. The van der Waals surface area contributed by atoms with Gasteiger partial charge in [-0.15, -0.1) is 0 Å². The molecule has 2 atom stereocenters. The first-order valence-corrected chi connectivity index (χ1v) is 9.67. The number of nitrogens with zero attached hydrogens (tertiary/aromatic N) is 1. The second-order valence-electron chi connectivity index (χ2n) is 5.75. The molecule has 0 aromatic heterocycles. The molecule has 1 aromatic carbocycles. The molecule has 1 aliphatic carbocycles. The summed E-state index contributed by atoms with van der Waals surface area (Å²) in [5.74, 6) is 0.310. The van der Waals surface area contributed by atoms with Crippen LogP contribution in [-0.4, -0.2) is 20.2 Å². The van der Waals surface area contributed by atoms with Crippen LogP contribution in [0.25, 0.3) is 0 Å². The van der Waals surface area contributed by atoms with E-state index in [4.69, 9.17) is 16.9 Å². The van der Waals surface area contributed by atoms with Gasteiger partial charge in [0, 0.05) is 23.4 Å². The van der Waals surface area contributed by atoms with Gasteiger partial charge in [-0.25, -0.2) is 13.1 Å². The molecule has 0 saturated heterocycles. The van der Waals surface area contributed by atoms with E-state index in [1.807, 2.05) is 30.3 Å². The third-order valence-electron chi connectivity index (χ3n) is 4.10. The lowest BCUT2D eigenvalue weighted by atomic mass is 9.95. The van der Waals surface area contributed by atoms with Gasteiger partial charge in [0.2, 0.25) is 10.0 Å². The number of sulfonamides is 1. The van der Waals surface area contributed by atoms with E-state index in [0.717, 1.165) is 24.8 Å². The largest absolute Gasteiger partial charge is 0.212 e. The van der Waals surface area contributed by atoms with Crippen molar-refractivity contribution in [2.24, 2.45) is 0 Å². The molecule has 22 heavy (non-hydrogen) atoms. The van der Waals surface area contributed by atoms with Gasteiger partial charge in [-0.2, -0.15) is 5.26 Å². The Kier molecular flexibility index (Phi) is 6.25. The summed E-state index contributed by atoms with van der Waals surface area (Å²) < 4.78 is 27.2. The van der Waals surface area contributed by atoms with Crippen LogP contribution in [0.3, 0.4) is 0 Å². The Balaban J connectivity index is 1.96. The lowest BCUT2D eigenvalue weighted by molar-refractivity contribution is 0.523. The van der Waals surface area contributed by atoms with E-state index in [1.165, 1.54) is 0 Å². The zero-order valence-electron chi connectivity index (χ0n) is 12.5. The molecule has 6 heteroatoms. The van der Waals surface area contributed by atoms with Crippen molar-refractivity contribution in [1.82, 2.24) is 4.72 Å². The van der Waals surface area contributed by atoms with Crippen LogP contribution < -0.4 is 4.72 Å². The molecule has 0 bridgehead atoms. The number of halogens is 1. The molecule has 1 aliphatic rings. The van der Waals surface area contributed by atoms with E-state index in [9.17, 15) is 8.42 Å². The maximum Gasteiger partial charge on any atom is 0.211 e. The van der Waals surface area contributed by atoms with Gasteiger partial charge in [-0.1, -0.05) is 30.2 Å². The van der Waals surface area contributed by atoms with Gasteiger partial charge in [0.25, 0.3) is 0 Å². The second kappa shape index (κ2) is 7.96. The van der Waals surface area contributed by atoms with Gasteiger partial charge < -0.3 is 0 Å². The van der Waals surface area contributed by atoms with Crippen LogP contribution in [0, 0.1) is 11.3 Å². The summed E-state index contributed by atoms with van der Waals surface area (Å²) in [7, 11) is -3.28. The first kappa shape index (κ1) is 17.3. The number of hydrogen-bond donors (Lipinski definition) is 1. The lowest BCUT2D eigenvalue weighted by Crippen LogP contribution is -2.37. The zero-order valence-corrected chi connectivity index (χ0v) is 14.0. The predicted octanol–water partition coefficient (Wildman–Crippen LogP) is 3.59. The first-order valence-electron chi connectivity index (χ1n) is 7.64. The SMILES string of the molecule is N#CCCCCS(=O)(=O)N[C@H]1CCC[C@H]1c1ccc(Cl)cc1. The van der Waals surface area contributed by atoms with Crippen LogP contribution >= 0.6 is 11.6 Å². The molecule has 2 rings (SSSR count). The van der Waals surface area contributed by atoms with Crippen molar-refractivity contribution in [1.29, 1.82) is 5.26 Å². The summed E-state index contributed by atoms with van der Waals surface area (Å²) >= 11 is 5.91. The number of nitrogens with one attached hydrogen (secondary N) is 1. The molecular weight excluding hydrogens is 320 g/mol. The Morgan fingerprint density at radius 1 is 1.23 bits per heavy atom. The summed E-state index contributed by atoms with van der Waals surface area (Å²) in [6.45, 7) is 0. The van der Waals surface area contributed by atoms with Crippen LogP contribution in [0.2, 0.25) is 5.02 Å². The average molecular weight is 341 g/mol. The Hall–Kier alpha value is -1.09. The Morgan fingerprint density at radius 2 is 1.95 bits per heavy atom. The molecule has 1 fully saturated rings. The van der Waals surface area contributed by atoms with Crippen molar-refractivity contribution in [3.63, 3.8) is 0 Å². The van der Waals surface area contributed by atoms with Crippen LogP contribution in [0.5, 0.6) is 0 Å². The second-order valence-corrected chi connectivity index (χ2v) is 8.06. The third-order valence-corrected chi connectivity index (χ3v) is 5.84. The number of unbranched alkanes of at least 4 members (excludes halogenated alkanes) is 2. The molecule has 1 saturated carbocycles. The summed E-state index contributed by atoms with van der Waals surface area (Å²) in [6.07, 6.45) is 4.44. The van der Waals surface area contributed by atoms with Crippen LogP contribution in [-0.2, 0) is 10.0 Å². The fourth-order valence-corrected chi connectivity index (χ4v) is 4.57. The maximum atomic E-state index is 12.2. The molecule has 0 radical (unpaired) electrons. The maximum absolute atomic E-state index is 12.2. The number of nitriles is 1. The van der Waals surface area contributed by atoms with Gasteiger partial charge in [0.15, 0.2) is 0 Å². The average Bonchev–Trinajstić information content (AvgIpc) is 2.92. The normalized spacial score (nSPS) is 21.6. The molecular formula is C16H21ClN2O2S. The fourth-order valence-electron chi connectivity index (χ4n) is 3.00. The molecule has 4 nitrogen and oxygen atoms in total. The van der Waals surface area contributed by atoms with Gasteiger partial charge in [-0.05, 0) is 43.4 Å².